The average molecular weight is 505 g/mol. The number of hydrogen-bond donors (Lipinski definition) is 3. The van der Waals surface area contributed by atoms with Crippen LogP contribution < -0.4 is 14.9 Å². The largest absolute Gasteiger partial charge is 0.508 e. The number of nitrogens with one attached hydrogen (secondary N) is 2. The van der Waals surface area contributed by atoms with Gasteiger partial charge in [-0.15, -0.1) is 0 Å². The minimum Gasteiger partial charge on any atom is -0.508 e. The van der Waals surface area contributed by atoms with Crippen molar-refractivity contribution in [2.75, 3.05) is 13.0 Å². The van der Waals surface area contributed by atoms with E-state index in [2.05, 4.69) is 30.1 Å². The van der Waals surface area contributed by atoms with Gasteiger partial charge in [-0.25, -0.2) is 10.2 Å². The van der Waals surface area contributed by atoms with E-state index in [1.807, 2.05) is 45.9 Å². The van der Waals surface area contributed by atoms with Crippen molar-refractivity contribution in [3.05, 3.63) is 58.1 Å². The molecule has 0 aliphatic carbocycles. The fraction of sp³-hybridized carbons (Fsp3) is 0.519. The Labute approximate surface area is 210 Å². The zero-order valence-corrected chi connectivity index (χ0v) is 23.2. The number of rotatable bonds is 12. The van der Waals surface area contributed by atoms with Gasteiger partial charge >= 0.3 is 5.97 Å². The molecule has 2 rings (SSSR count). The van der Waals surface area contributed by atoms with Crippen molar-refractivity contribution < 1.29 is 23.9 Å². The quantitative estimate of drug-likeness (QED) is 0.249. The van der Waals surface area contributed by atoms with E-state index < -0.39 is 19.5 Å². The van der Waals surface area contributed by atoms with Crippen molar-refractivity contribution in [1.29, 1.82) is 0 Å². The predicted molar refractivity (Wildman–Crippen MR) is 142 cm³/mol. The van der Waals surface area contributed by atoms with Crippen molar-refractivity contribution >= 4 is 13.4 Å². The Morgan fingerprint density at radius 2 is 1.66 bits per heavy atom. The van der Waals surface area contributed by atoms with Gasteiger partial charge in [-0.1, -0.05) is 26.0 Å². The van der Waals surface area contributed by atoms with Crippen LogP contribution in [0.15, 0.2) is 30.3 Å². The average Bonchev–Trinajstić information content (AvgIpc) is 2.75. The maximum atomic E-state index is 13.5. The first-order valence-electron chi connectivity index (χ1n) is 12.2. The Bertz CT molecular complexity index is 1040. The van der Waals surface area contributed by atoms with Crippen molar-refractivity contribution in [3.8, 4) is 11.5 Å². The third-order valence-corrected chi connectivity index (χ3v) is 7.92. The minimum absolute atomic E-state index is 0.0711. The third-order valence-electron chi connectivity index (χ3n) is 5.69. The maximum absolute atomic E-state index is 13.5. The molecule has 0 saturated carbocycles. The second-order valence-electron chi connectivity index (χ2n) is 9.66. The van der Waals surface area contributed by atoms with Crippen LogP contribution in [0.25, 0.3) is 0 Å². The number of phenols is 1. The Morgan fingerprint density at radius 3 is 2.20 bits per heavy atom. The van der Waals surface area contributed by atoms with Gasteiger partial charge in [0.1, 0.15) is 17.5 Å². The molecule has 1 unspecified atom stereocenters. The van der Waals surface area contributed by atoms with Gasteiger partial charge in [-0.2, -0.15) is 0 Å². The monoisotopic (exact) mass is 504 g/mol. The van der Waals surface area contributed by atoms with Crippen LogP contribution >= 0.6 is 7.44 Å². The number of aromatic hydroxyl groups is 1. The van der Waals surface area contributed by atoms with Crippen LogP contribution in [0.2, 0.25) is 0 Å². The summed E-state index contributed by atoms with van der Waals surface area (Å²) in [6.07, 6.45) is 0.632. The van der Waals surface area contributed by atoms with Crippen LogP contribution in [0.3, 0.4) is 0 Å². The van der Waals surface area contributed by atoms with Crippen molar-refractivity contribution in [2.24, 2.45) is 0 Å². The summed E-state index contributed by atoms with van der Waals surface area (Å²) >= 11 is 0. The standard InChI is InChI=1S/C27H41N2O5P/c1-9-33-27(31)21(8)29-35(32,28-18(4)5)16-34-23-12-19(6)25(20(7)13-23)15-22-10-11-26(30)24(14-22)17(2)3/h10-14,17-18,21,30H,9,15-16H2,1-8H3,(H2,28,29,32)/t21-,35?/m0/s1. The molecule has 0 saturated heterocycles. The molecule has 35 heavy (non-hydrogen) atoms. The van der Waals surface area contributed by atoms with Gasteiger partial charge in [0.15, 0.2) is 6.35 Å². The molecule has 0 radical (unpaired) electrons. The molecule has 2 aromatic rings. The molecule has 194 valence electrons. The van der Waals surface area contributed by atoms with Crippen LogP contribution in [-0.2, 0) is 20.5 Å². The molecule has 3 N–H and O–H groups in total. The lowest BCUT2D eigenvalue weighted by Crippen LogP contribution is -2.40. The molecule has 0 bridgehead atoms. The van der Waals surface area contributed by atoms with Crippen LogP contribution in [0.1, 0.15) is 75.3 Å². The third kappa shape index (κ3) is 8.38. The number of carbonyl (C=O) groups is 1. The highest BCUT2D eigenvalue weighted by Gasteiger charge is 2.29. The van der Waals surface area contributed by atoms with E-state index in [-0.39, 0.29) is 24.9 Å². The molecule has 0 heterocycles. The van der Waals surface area contributed by atoms with Gasteiger partial charge in [0.2, 0.25) is 7.44 Å². The summed E-state index contributed by atoms with van der Waals surface area (Å²) in [5, 5.41) is 16.1. The zero-order valence-electron chi connectivity index (χ0n) is 22.3. The summed E-state index contributed by atoms with van der Waals surface area (Å²) in [7, 11) is -3.24. The maximum Gasteiger partial charge on any atom is 0.323 e. The number of phenolic OH excluding ortho intramolecular Hbond substituents is 1. The first kappa shape index (κ1) is 28.9. The lowest BCUT2D eigenvalue weighted by Gasteiger charge is -2.26. The fourth-order valence-electron chi connectivity index (χ4n) is 4.02. The molecular weight excluding hydrogens is 463 g/mol. The van der Waals surface area contributed by atoms with Crippen molar-refractivity contribution in [3.63, 3.8) is 0 Å². The Kier molecular flexibility index (Phi) is 10.4. The highest BCUT2D eigenvalue weighted by molar-refractivity contribution is 7.59. The summed E-state index contributed by atoms with van der Waals surface area (Å²) in [5.41, 5.74) is 5.40. The molecular formula is C27H41N2O5P. The normalized spacial score (nSPS) is 14.1. The number of carbonyl (C=O) groups excluding carboxylic acids is 1. The van der Waals surface area contributed by atoms with E-state index in [1.54, 1.807) is 19.9 Å². The Hall–Kier alpha value is -2.34. The smallest absolute Gasteiger partial charge is 0.323 e. The number of ether oxygens (including phenoxy) is 2. The first-order chi connectivity index (χ1) is 16.3. The number of benzene rings is 2. The lowest BCUT2D eigenvalue weighted by atomic mass is 9.93. The predicted octanol–water partition coefficient (Wildman–Crippen LogP) is 5.79. The number of esters is 1. The van der Waals surface area contributed by atoms with E-state index in [4.69, 9.17) is 9.47 Å². The fourth-order valence-corrected chi connectivity index (χ4v) is 6.14. The molecule has 0 spiro atoms. The SMILES string of the molecule is CCOC(=O)[C@H](C)NP(=O)(COc1cc(C)c(Cc2ccc(O)c(C(C)C)c2)c(C)c1)NC(C)C. The van der Waals surface area contributed by atoms with E-state index in [0.29, 0.717) is 11.5 Å². The Balaban J connectivity index is 2.19. The highest BCUT2D eigenvalue weighted by atomic mass is 31.2. The molecule has 0 aliphatic heterocycles. The summed E-state index contributed by atoms with van der Waals surface area (Å²) in [6.45, 7) is 15.6. The molecule has 0 aliphatic rings. The van der Waals surface area contributed by atoms with Crippen molar-refractivity contribution in [2.45, 2.75) is 79.8 Å². The number of aryl methyl sites for hydroxylation is 2. The summed E-state index contributed by atoms with van der Waals surface area (Å²) < 4.78 is 24.5. The van der Waals surface area contributed by atoms with Gasteiger partial charge in [0.05, 0.1) is 6.61 Å². The first-order valence-corrected chi connectivity index (χ1v) is 14.1. The molecule has 0 fully saturated rings. The van der Waals surface area contributed by atoms with Crippen molar-refractivity contribution in [1.82, 2.24) is 10.2 Å². The van der Waals surface area contributed by atoms with Crippen LogP contribution in [0.4, 0.5) is 0 Å². The van der Waals surface area contributed by atoms with Crippen LogP contribution in [0.5, 0.6) is 11.5 Å². The molecule has 2 atom stereocenters. The van der Waals surface area contributed by atoms with Gasteiger partial charge in [0, 0.05) is 6.04 Å². The van der Waals surface area contributed by atoms with Gasteiger partial charge in [0.25, 0.3) is 0 Å². The van der Waals surface area contributed by atoms with E-state index in [1.165, 1.54) is 5.56 Å². The zero-order chi connectivity index (χ0) is 26.3. The van der Waals surface area contributed by atoms with Gasteiger partial charge < -0.3 is 14.6 Å². The van der Waals surface area contributed by atoms with Crippen LogP contribution in [-0.4, -0.2) is 36.1 Å². The van der Waals surface area contributed by atoms with Gasteiger partial charge in [-0.3, -0.25) is 9.36 Å². The van der Waals surface area contributed by atoms with E-state index in [9.17, 15) is 14.5 Å². The molecule has 0 aromatic heterocycles. The summed E-state index contributed by atoms with van der Waals surface area (Å²) in [6, 6.07) is 8.86. The molecule has 7 nitrogen and oxygen atoms in total. The van der Waals surface area contributed by atoms with E-state index in [0.717, 1.165) is 28.7 Å². The number of hydrogen-bond acceptors (Lipinski definition) is 5. The molecule has 2 aromatic carbocycles. The highest BCUT2D eigenvalue weighted by Crippen LogP contribution is 2.38. The second-order valence-corrected chi connectivity index (χ2v) is 11.9. The van der Waals surface area contributed by atoms with E-state index >= 15 is 0 Å². The van der Waals surface area contributed by atoms with Crippen LogP contribution in [0, 0.1) is 13.8 Å². The minimum atomic E-state index is -3.24. The molecule has 0 amide bonds. The van der Waals surface area contributed by atoms with Gasteiger partial charge in [-0.05, 0) is 99.9 Å². The topological polar surface area (TPSA) is 96.9 Å². The Morgan fingerprint density at radius 1 is 1.03 bits per heavy atom. The molecule has 8 heteroatoms. The summed E-state index contributed by atoms with van der Waals surface area (Å²) in [4.78, 5) is 12.0. The second kappa shape index (κ2) is 12.6. The summed E-state index contributed by atoms with van der Waals surface area (Å²) in [5.74, 6) is 0.729. The lowest BCUT2D eigenvalue weighted by molar-refractivity contribution is -0.144.